The lowest BCUT2D eigenvalue weighted by molar-refractivity contribution is -0.142. The molecule has 5 nitrogen and oxygen atoms in total. The standard InChI is InChI=1S/C19H22N2O3S/c1-11(2)13-4-6-14(7-5-13)17-20-16(10-25-17)18(22)21-8-12(3)15(9-21)19(23)24/h4-7,10-12,15H,8-9H2,1-3H3,(H,23,24)/t12-,15-/m1/s1. The van der Waals surface area contributed by atoms with Crippen LogP contribution < -0.4 is 0 Å². The maximum absolute atomic E-state index is 12.6. The molecule has 25 heavy (non-hydrogen) atoms. The number of amides is 1. The molecule has 1 aliphatic heterocycles. The fraction of sp³-hybridized carbons (Fsp3) is 0.421. The minimum absolute atomic E-state index is 0.0388. The summed E-state index contributed by atoms with van der Waals surface area (Å²) < 4.78 is 0. The summed E-state index contributed by atoms with van der Waals surface area (Å²) in [5.74, 6) is -1.08. The van der Waals surface area contributed by atoms with Crippen LogP contribution in [0.25, 0.3) is 10.6 Å². The summed E-state index contributed by atoms with van der Waals surface area (Å²) in [4.78, 5) is 29.9. The van der Waals surface area contributed by atoms with E-state index in [4.69, 9.17) is 0 Å². The summed E-state index contributed by atoms with van der Waals surface area (Å²) in [5.41, 5.74) is 2.65. The number of carboxylic acids is 1. The fourth-order valence-electron chi connectivity index (χ4n) is 3.13. The van der Waals surface area contributed by atoms with Gasteiger partial charge >= 0.3 is 5.97 Å². The molecule has 1 aliphatic rings. The molecule has 1 N–H and O–H groups in total. The van der Waals surface area contributed by atoms with Crippen molar-refractivity contribution < 1.29 is 14.7 Å². The third-order valence-corrected chi connectivity index (χ3v) is 5.66. The number of likely N-dealkylation sites (tertiary alicyclic amines) is 1. The van der Waals surface area contributed by atoms with Crippen molar-refractivity contribution in [2.24, 2.45) is 11.8 Å². The van der Waals surface area contributed by atoms with E-state index in [-0.39, 0.29) is 18.4 Å². The first-order valence-electron chi connectivity index (χ1n) is 8.44. The van der Waals surface area contributed by atoms with Crippen molar-refractivity contribution in [3.8, 4) is 10.6 Å². The zero-order valence-electron chi connectivity index (χ0n) is 14.6. The smallest absolute Gasteiger partial charge is 0.308 e. The Morgan fingerprint density at radius 3 is 2.48 bits per heavy atom. The predicted octanol–water partition coefficient (Wildman–Crippen LogP) is 3.73. The van der Waals surface area contributed by atoms with Gasteiger partial charge in [0.15, 0.2) is 0 Å². The molecule has 2 atom stereocenters. The van der Waals surface area contributed by atoms with E-state index in [0.29, 0.717) is 18.2 Å². The number of hydrogen-bond donors (Lipinski definition) is 1. The van der Waals surface area contributed by atoms with Crippen LogP contribution in [-0.4, -0.2) is 40.0 Å². The van der Waals surface area contributed by atoms with E-state index < -0.39 is 11.9 Å². The van der Waals surface area contributed by atoms with Crippen molar-refractivity contribution in [2.75, 3.05) is 13.1 Å². The Kier molecular flexibility index (Phi) is 4.90. The van der Waals surface area contributed by atoms with Gasteiger partial charge in [-0.15, -0.1) is 11.3 Å². The SMILES string of the molecule is CC(C)c1ccc(-c2nc(C(=O)N3C[C@@H](C)[C@H](C(=O)O)C3)cs2)cc1. The maximum atomic E-state index is 12.6. The van der Waals surface area contributed by atoms with Crippen molar-refractivity contribution in [1.82, 2.24) is 9.88 Å². The third-order valence-electron chi connectivity index (χ3n) is 4.76. The summed E-state index contributed by atoms with van der Waals surface area (Å²) in [5, 5.41) is 11.8. The number of thiazole rings is 1. The Labute approximate surface area is 151 Å². The van der Waals surface area contributed by atoms with Gasteiger partial charge in [-0.05, 0) is 17.4 Å². The van der Waals surface area contributed by atoms with Crippen LogP contribution in [0.3, 0.4) is 0 Å². The number of carbonyl (C=O) groups excluding carboxylic acids is 1. The van der Waals surface area contributed by atoms with Crippen LogP contribution >= 0.6 is 11.3 Å². The molecular weight excluding hydrogens is 336 g/mol. The van der Waals surface area contributed by atoms with E-state index in [1.165, 1.54) is 16.9 Å². The molecule has 1 fully saturated rings. The quantitative estimate of drug-likeness (QED) is 0.904. The van der Waals surface area contributed by atoms with Gasteiger partial charge in [-0.1, -0.05) is 45.0 Å². The highest BCUT2D eigenvalue weighted by atomic mass is 32.1. The van der Waals surface area contributed by atoms with Crippen LogP contribution in [0.15, 0.2) is 29.6 Å². The summed E-state index contributed by atoms with van der Waals surface area (Å²) in [6.07, 6.45) is 0. The Balaban J connectivity index is 1.75. The maximum Gasteiger partial charge on any atom is 0.308 e. The minimum Gasteiger partial charge on any atom is -0.481 e. The zero-order chi connectivity index (χ0) is 18.1. The lowest BCUT2D eigenvalue weighted by atomic mass is 9.99. The first-order valence-corrected chi connectivity index (χ1v) is 9.32. The molecular formula is C19H22N2O3S. The number of aliphatic carboxylic acids is 1. The molecule has 0 saturated carbocycles. The van der Waals surface area contributed by atoms with Crippen molar-refractivity contribution in [1.29, 1.82) is 0 Å². The summed E-state index contributed by atoms with van der Waals surface area (Å²) >= 11 is 1.44. The largest absolute Gasteiger partial charge is 0.481 e. The van der Waals surface area contributed by atoms with Crippen molar-refractivity contribution in [2.45, 2.75) is 26.7 Å². The molecule has 1 amide bonds. The van der Waals surface area contributed by atoms with Gasteiger partial charge in [-0.2, -0.15) is 0 Å². The van der Waals surface area contributed by atoms with E-state index in [9.17, 15) is 14.7 Å². The highest BCUT2D eigenvalue weighted by Crippen LogP contribution is 2.28. The first-order chi connectivity index (χ1) is 11.9. The van der Waals surface area contributed by atoms with Crippen molar-refractivity contribution in [3.63, 3.8) is 0 Å². The molecule has 0 spiro atoms. The topological polar surface area (TPSA) is 70.5 Å². The first kappa shape index (κ1) is 17.6. The Morgan fingerprint density at radius 2 is 1.92 bits per heavy atom. The van der Waals surface area contributed by atoms with E-state index >= 15 is 0 Å². The molecule has 2 aromatic rings. The molecule has 2 heterocycles. The molecule has 132 valence electrons. The van der Waals surface area contributed by atoms with E-state index in [2.05, 4.69) is 31.0 Å². The summed E-state index contributed by atoms with van der Waals surface area (Å²) in [6, 6.07) is 8.23. The predicted molar refractivity (Wildman–Crippen MR) is 97.8 cm³/mol. The molecule has 0 bridgehead atoms. The van der Waals surface area contributed by atoms with Gasteiger partial charge in [-0.3, -0.25) is 9.59 Å². The average molecular weight is 358 g/mol. The van der Waals surface area contributed by atoms with Gasteiger partial charge in [0.2, 0.25) is 0 Å². The Morgan fingerprint density at radius 1 is 1.24 bits per heavy atom. The molecule has 1 aromatic carbocycles. The number of rotatable bonds is 4. The van der Waals surface area contributed by atoms with Gasteiger partial charge < -0.3 is 10.0 Å². The number of hydrogen-bond acceptors (Lipinski definition) is 4. The zero-order valence-corrected chi connectivity index (χ0v) is 15.4. The Bertz CT molecular complexity index is 782. The van der Waals surface area contributed by atoms with Crippen molar-refractivity contribution in [3.05, 3.63) is 40.9 Å². The second-order valence-electron chi connectivity index (χ2n) is 6.95. The summed E-state index contributed by atoms with van der Waals surface area (Å²) in [6.45, 7) is 6.89. The van der Waals surface area contributed by atoms with Crippen LogP contribution in [0.5, 0.6) is 0 Å². The van der Waals surface area contributed by atoms with Gasteiger partial charge in [0, 0.05) is 24.0 Å². The minimum atomic E-state index is -0.841. The highest BCUT2D eigenvalue weighted by molar-refractivity contribution is 7.13. The number of carbonyl (C=O) groups is 2. The monoisotopic (exact) mass is 358 g/mol. The number of aromatic nitrogens is 1. The van der Waals surface area contributed by atoms with Gasteiger partial charge in [0.1, 0.15) is 10.7 Å². The Hall–Kier alpha value is -2.21. The number of benzene rings is 1. The highest BCUT2D eigenvalue weighted by Gasteiger charge is 2.37. The second-order valence-corrected chi connectivity index (χ2v) is 7.80. The molecule has 0 unspecified atom stereocenters. The molecule has 3 rings (SSSR count). The average Bonchev–Trinajstić information content (AvgIpc) is 3.21. The van der Waals surface area contributed by atoms with Crippen LogP contribution in [0, 0.1) is 11.8 Å². The third kappa shape index (κ3) is 3.58. The second kappa shape index (κ2) is 6.96. The van der Waals surface area contributed by atoms with E-state index in [1.807, 2.05) is 19.1 Å². The summed E-state index contributed by atoms with van der Waals surface area (Å²) in [7, 11) is 0. The molecule has 1 saturated heterocycles. The molecule has 0 radical (unpaired) electrons. The van der Waals surface area contributed by atoms with E-state index in [0.717, 1.165) is 10.6 Å². The molecule has 6 heteroatoms. The molecule has 1 aromatic heterocycles. The van der Waals surface area contributed by atoms with Crippen LogP contribution in [-0.2, 0) is 4.79 Å². The van der Waals surface area contributed by atoms with Crippen molar-refractivity contribution >= 4 is 23.2 Å². The van der Waals surface area contributed by atoms with Crippen LogP contribution in [0.4, 0.5) is 0 Å². The lowest BCUT2D eigenvalue weighted by Gasteiger charge is -2.14. The van der Waals surface area contributed by atoms with Gasteiger partial charge in [0.25, 0.3) is 5.91 Å². The number of nitrogens with zero attached hydrogens (tertiary/aromatic N) is 2. The molecule has 0 aliphatic carbocycles. The van der Waals surface area contributed by atoms with Crippen LogP contribution in [0.1, 0.15) is 42.7 Å². The van der Waals surface area contributed by atoms with Crippen LogP contribution in [0.2, 0.25) is 0 Å². The fourth-order valence-corrected chi connectivity index (χ4v) is 3.93. The number of carboxylic acid groups (broad SMARTS) is 1. The van der Waals surface area contributed by atoms with Gasteiger partial charge in [0.05, 0.1) is 5.92 Å². The van der Waals surface area contributed by atoms with E-state index in [1.54, 1.807) is 10.3 Å². The van der Waals surface area contributed by atoms with Gasteiger partial charge in [-0.25, -0.2) is 4.98 Å². The normalized spacial score (nSPS) is 20.2. The lowest BCUT2D eigenvalue weighted by Crippen LogP contribution is -2.30.